The molecule has 6 nitrogen and oxygen atoms in total. The number of benzene rings is 1. The van der Waals surface area contributed by atoms with Crippen molar-refractivity contribution in [2.45, 2.75) is 25.7 Å². The van der Waals surface area contributed by atoms with E-state index in [9.17, 15) is 9.13 Å². The van der Waals surface area contributed by atoms with Gasteiger partial charge in [0, 0.05) is 0 Å². The lowest BCUT2D eigenvalue weighted by atomic mass is 10.1. The molecule has 4 N–H and O–H groups in total. The molecule has 1 aromatic rings. The Kier molecular flexibility index (Phi) is 6.50. The molecule has 1 rings (SSSR count). The summed E-state index contributed by atoms with van der Waals surface area (Å²) in [6, 6.07) is 7.40. The zero-order chi connectivity index (χ0) is 17.0. The van der Waals surface area contributed by atoms with Crippen LogP contribution in [0.4, 0.5) is 0 Å². The van der Waals surface area contributed by atoms with Gasteiger partial charge in [-0.25, -0.2) is 0 Å². The smallest absolute Gasteiger partial charge is 0.324 e. The second-order valence-electron chi connectivity index (χ2n) is 5.19. The van der Waals surface area contributed by atoms with Crippen LogP contribution in [0, 0.1) is 0 Å². The van der Waals surface area contributed by atoms with E-state index in [2.05, 4.69) is 0 Å². The van der Waals surface area contributed by atoms with Crippen molar-refractivity contribution >= 4 is 27.3 Å². The van der Waals surface area contributed by atoms with Gasteiger partial charge in [-0.15, -0.1) is 0 Å². The lowest BCUT2D eigenvalue weighted by molar-refractivity contribution is 0.339. The predicted octanol–water partition coefficient (Wildman–Crippen LogP) is 3.19. The first-order chi connectivity index (χ1) is 10.00. The molecule has 0 aliphatic carbocycles. The van der Waals surface area contributed by atoms with E-state index in [1.54, 1.807) is 6.08 Å². The first-order valence-electron chi connectivity index (χ1n) is 6.52. The Morgan fingerprint density at radius 1 is 1.00 bits per heavy atom. The largest absolute Gasteiger partial charge is 0.341 e. The summed E-state index contributed by atoms with van der Waals surface area (Å²) in [4.78, 5) is 36.0. The van der Waals surface area contributed by atoms with E-state index in [-0.39, 0.29) is 0 Å². The normalized spacial score (nSPS) is 12.9. The molecule has 122 valence electrons. The van der Waals surface area contributed by atoms with Crippen molar-refractivity contribution in [1.82, 2.24) is 0 Å². The highest BCUT2D eigenvalue weighted by molar-refractivity contribution is 7.70. The summed E-state index contributed by atoms with van der Waals surface area (Å²) in [5.41, 5.74) is 2.97. The molecule has 22 heavy (non-hydrogen) atoms. The lowest BCUT2D eigenvalue weighted by Gasteiger charge is -2.17. The molecule has 0 fully saturated rings. The molecule has 0 amide bonds. The summed E-state index contributed by atoms with van der Waals surface area (Å²) in [7, 11) is -9.73. The highest BCUT2D eigenvalue weighted by atomic mass is 31.2. The number of rotatable bonds is 6. The van der Waals surface area contributed by atoms with Crippen molar-refractivity contribution < 1.29 is 28.7 Å². The van der Waals surface area contributed by atoms with Gasteiger partial charge in [0.15, 0.2) is 5.40 Å². The number of hydrogen-bond acceptors (Lipinski definition) is 2. The van der Waals surface area contributed by atoms with Crippen molar-refractivity contribution in [2.75, 3.05) is 0 Å². The van der Waals surface area contributed by atoms with Crippen LogP contribution in [0.5, 0.6) is 0 Å². The summed E-state index contributed by atoms with van der Waals surface area (Å²) >= 11 is 0. The van der Waals surface area contributed by atoms with Crippen LogP contribution in [-0.2, 0) is 9.13 Å². The second kappa shape index (κ2) is 7.51. The first-order valence-corrected chi connectivity index (χ1v) is 9.88. The molecule has 0 aliphatic heterocycles. The van der Waals surface area contributed by atoms with Gasteiger partial charge in [0.25, 0.3) is 0 Å². The van der Waals surface area contributed by atoms with E-state index in [1.165, 1.54) is 6.08 Å². The van der Waals surface area contributed by atoms with Crippen molar-refractivity contribution in [2.24, 2.45) is 0 Å². The van der Waals surface area contributed by atoms with E-state index in [0.717, 1.165) is 16.7 Å². The molecule has 0 aliphatic rings. The van der Waals surface area contributed by atoms with Gasteiger partial charge < -0.3 is 19.6 Å². The third-order valence-electron chi connectivity index (χ3n) is 2.83. The molecule has 0 radical (unpaired) electrons. The van der Waals surface area contributed by atoms with E-state index in [4.69, 9.17) is 19.6 Å². The summed E-state index contributed by atoms with van der Waals surface area (Å²) in [5, 5.41) is -2.00. The van der Waals surface area contributed by atoms with E-state index < -0.39 is 27.0 Å². The summed E-state index contributed by atoms with van der Waals surface area (Å²) in [6.07, 6.45) is 4.54. The Balaban J connectivity index is 2.82. The van der Waals surface area contributed by atoms with Crippen LogP contribution >= 0.6 is 15.2 Å². The number of allylic oxidation sites excluding steroid dienone is 2. The topological polar surface area (TPSA) is 115 Å². The highest BCUT2D eigenvalue weighted by Crippen LogP contribution is 2.61. The molecular weight excluding hydrogens is 326 g/mol. The molecule has 0 saturated carbocycles. The Morgan fingerprint density at radius 3 is 1.86 bits per heavy atom. The van der Waals surface area contributed by atoms with E-state index in [1.807, 2.05) is 44.2 Å². The van der Waals surface area contributed by atoms with Gasteiger partial charge in [0.2, 0.25) is 0 Å². The van der Waals surface area contributed by atoms with Gasteiger partial charge in [0.1, 0.15) is 0 Å². The maximum Gasteiger partial charge on any atom is 0.341 e. The second-order valence-corrected chi connectivity index (χ2v) is 9.20. The standard InChI is InChI=1S/C14H20O6P2/c1-11(2)10-13-8-6-12(7-9-13)4-3-5-14(21(15,16)17)22(18,19)20/h3-4,6-10,14H,5H2,1-2H3,(H2,15,16,17)(H2,18,19,20). The minimum atomic E-state index is -4.86. The Labute approximate surface area is 129 Å². The Bertz CT molecular complexity index is 624. The quantitative estimate of drug-likeness (QED) is 0.588. The average molecular weight is 346 g/mol. The van der Waals surface area contributed by atoms with Gasteiger partial charge in [-0.3, -0.25) is 9.13 Å². The molecule has 0 spiro atoms. The maximum atomic E-state index is 11.1. The minimum Gasteiger partial charge on any atom is -0.324 e. The zero-order valence-corrected chi connectivity index (χ0v) is 14.1. The lowest BCUT2D eigenvalue weighted by Crippen LogP contribution is -2.07. The molecule has 0 heterocycles. The number of hydrogen-bond donors (Lipinski definition) is 4. The highest BCUT2D eigenvalue weighted by Gasteiger charge is 2.42. The van der Waals surface area contributed by atoms with Crippen molar-refractivity contribution in [1.29, 1.82) is 0 Å². The molecule has 0 atom stereocenters. The summed E-state index contributed by atoms with van der Waals surface area (Å²) in [6.45, 7) is 3.97. The summed E-state index contributed by atoms with van der Waals surface area (Å²) in [5.74, 6) is 0. The van der Waals surface area contributed by atoms with Gasteiger partial charge in [0.05, 0.1) is 0 Å². The van der Waals surface area contributed by atoms with E-state index >= 15 is 0 Å². The first kappa shape index (κ1) is 19.0. The third-order valence-corrected chi connectivity index (χ3v) is 6.61. The fourth-order valence-electron chi connectivity index (χ4n) is 1.83. The monoisotopic (exact) mass is 346 g/mol. The Hall–Kier alpha value is -1.00. The van der Waals surface area contributed by atoms with Crippen LogP contribution in [0.15, 0.2) is 35.9 Å². The van der Waals surface area contributed by atoms with Gasteiger partial charge in [-0.05, 0) is 31.4 Å². The van der Waals surface area contributed by atoms with Crippen LogP contribution in [-0.4, -0.2) is 25.0 Å². The molecule has 1 aromatic carbocycles. The van der Waals surface area contributed by atoms with Crippen LogP contribution in [0.25, 0.3) is 12.2 Å². The van der Waals surface area contributed by atoms with Crippen molar-refractivity contribution in [3.05, 3.63) is 47.0 Å². The third kappa shape index (κ3) is 6.41. The van der Waals surface area contributed by atoms with Gasteiger partial charge in [-0.1, -0.05) is 48.1 Å². The molecule has 0 bridgehead atoms. The summed E-state index contributed by atoms with van der Waals surface area (Å²) < 4.78 is 22.3. The zero-order valence-electron chi connectivity index (χ0n) is 12.3. The minimum absolute atomic E-state index is 0.399. The van der Waals surface area contributed by atoms with Crippen LogP contribution < -0.4 is 0 Å². The fraction of sp³-hybridized carbons (Fsp3) is 0.286. The van der Waals surface area contributed by atoms with E-state index in [0.29, 0.717) is 0 Å². The Morgan fingerprint density at radius 2 is 1.45 bits per heavy atom. The van der Waals surface area contributed by atoms with Crippen LogP contribution in [0.1, 0.15) is 31.4 Å². The van der Waals surface area contributed by atoms with Crippen molar-refractivity contribution in [3.63, 3.8) is 0 Å². The molecule has 0 saturated heterocycles. The molecule has 0 unspecified atom stereocenters. The average Bonchev–Trinajstić information content (AvgIpc) is 2.32. The van der Waals surface area contributed by atoms with Crippen LogP contribution in [0.2, 0.25) is 0 Å². The SMILES string of the molecule is CC(C)=Cc1ccc(C=CCC(P(=O)(O)O)P(=O)(O)O)cc1. The van der Waals surface area contributed by atoms with Crippen LogP contribution in [0.3, 0.4) is 0 Å². The predicted molar refractivity (Wildman–Crippen MR) is 87.3 cm³/mol. The molecule has 0 aromatic heterocycles. The van der Waals surface area contributed by atoms with Gasteiger partial charge in [-0.2, -0.15) is 0 Å². The molecular formula is C14H20O6P2. The fourth-order valence-corrected chi connectivity index (χ4v) is 4.19. The molecule has 8 heteroatoms. The maximum absolute atomic E-state index is 11.1. The van der Waals surface area contributed by atoms with Gasteiger partial charge >= 0.3 is 15.2 Å². The van der Waals surface area contributed by atoms with Crippen molar-refractivity contribution in [3.8, 4) is 0 Å².